The lowest BCUT2D eigenvalue weighted by atomic mass is 9.99. The molecule has 2 N–H and O–H groups in total. The van der Waals surface area contributed by atoms with Gasteiger partial charge < -0.3 is 10.6 Å². The van der Waals surface area contributed by atoms with Crippen molar-refractivity contribution in [3.8, 4) is 11.3 Å². The summed E-state index contributed by atoms with van der Waals surface area (Å²) >= 11 is 1.43. The minimum atomic E-state index is -0.307. The van der Waals surface area contributed by atoms with Crippen molar-refractivity contribution in [2.75, 3.05) is 10.6 Å². The number of rotatable bonds is 3. The second kappa shape index (κ2) is 6.05. The molecule has 2 heterocycles. The molecule has 6 heteroatoms. The van der Waals surface area contributed by atoms with E-state index in [1.165, 1.54) is 17.4 Å². The number of aromatic nitrogens is 1. The fourth-order valence-corrected chi connectivity index (χ4v) is 3.42. The summed E-state index contributed by atoms with van der Waals surface area (Å²) in [7, 11) is 0. The molecule has 24 heavy (non-hydrogen) atoms. The first kappa shape index (κ1) is 14.8. The highest BCUT2D eigenvalue weighted by atomic mass is 32.1. The first-order valence-electron chi connectivity index (χ1n) is 7.59. The second-order valence-corrected chi connectivity index (χ2v) is 6.42. The predicted molar refractivity (Wildman–Crippen MR) is 94.2 cm³/mol. The Hall–Kier alpha value is -2.73. The van der Waals surface area contributed by atoms with Gasteiger partial charge in [-0.15, -0.1) is 11.3 Å². The minimum Gasteiger partial charge on any atom is -0.329 e. The van der Waals surface area contributed by atoms with Gasteiger partial charge in [-0.25, -0.2) is 9.37 Å². The van der Waals surface area contributed by atoms with Gasteiger partial charge in [-0.3, -0.25) is 4.79 Å². The highest BCUT2D eigenvalue weighted by Gasteiger charge is 2.16. The van der Waals surface area contributed by atoms with Crippen LogP contribution in [-0.4, -0.2) is 10.9 Å². The fourth-order valence-electron chi connectivity index (χ4n) is 2.68. The molecule has 4 nitrogen and oxygen atoms in total. The summed E-state index contributed by atoms with van der Waals surface area (Å²) < 4.78 is 13.7. The number of hydrogen-bond acceptors (Lipinski definition) is 4. The number of nitrogens with one attached hydrogen (secondary N) is 2. The number of anilines is 3. The number of carbonyl (C=O) groups is 1. The molecule has 4 rings (SSSR count). The van der Waals surface area contributed by atoms with Crippen LogP contribution >= 0.6 is 11.3 Å². The number of benzene rings is 2. The topological polar surface area (TPSA) is 54.0 Å². The Labute approximate surface area is 142 Å². The lowest BCUT2D eigenvalue weighted by Crippen LogP contribution is -2.18. The van der Waals surface area contributed by atoms with Crippen LogP contribution in [0.3, 0.4) is 0 Å². The van der Waals surface area contributed by atoms with Gasteiger partial charge in [0.15, 0.2) is 5.13 Å². The Morgan fingerprint density at radius 2 is 2.04 bits per heavy atom. The van der Waals surface area contributed by atoms with E-state index in [1.54, 1.807) is 18.2 Å². The number of fused-ring (bicyclic) bond motifs is 1. The Kier molecular flexibility index (Phi) is 3.74. The first-order chi connectivity index (χ1) is 11.7. The zero-order chi connectivity index (χ0) is 16.5. The average molecular weight is 339 g/mol. The van der Waals surface area contributed by atoms with E-state index >= 15 is 0 Å². The number of thiazole rings is 1. The molecule has 1 aromatic heterocycles. The third kappa shape index (κ3) is 2.88. The molecule has 0 radical (unpaired) electrons. The zero-order valence-corrected chi connectivity index (χ0v) is 13.5. The van der Waals surface area contributed by atoms with E-state index in [-0.39, 0.29) is 11.7 Å². The van der Waals surface area contributed by atoms with Crippen molar-refractivity contribution in [2.24, 2.45) is 0 Å². The van der Waals surface area contributed by atoms with Crippen LogP contribution in [0.25, 0.3) is 11.3 Å². The van der Waals surface area contributed by atoms with Crippen molar-refractivity contribution in [2.45, 2.75) is 12.8 Å². The molecule has 1 amide bonds. The van der Waals surface area contributed by atoms with E-state index in [0.717, 1.165) is 28.9 Å². The van der Waals surface area contributed by atoms with Crippen LogP contribution in [0.5, 0.6) is 0 Å². The molecule has 0 fully saturated rings. The summed E-state index contributed by atoms with van der Waals surface area (Å²) in [5, 5.41) is 8.45. The standard InChI is InChI=1S/C18H14FN3OS/c19-13-3-1-2-4-15(13)21-18-22-16(10-24-18)12-5-7-14-11(9-12)6-8-17(23)20-14/h1-5,7,9-10H,6,8H2,(H,20,23)(H,21,22). The molecule has 1 aliphatic rings. The zero-order valence-electron chi connectivity index (χ0n) is 12.7. The monoisotopic (exact) mass is 339 g/mol. The molecule has 0 spiro atoms. The van der Waals surface area contributed by atoms with Crippen LogP contribution in [0.15, 0.2) is 47.8 Å². The molecule has 2 aromatic carbocycles. The summed E-state index contributed by atoms with van der Waals surface area (Å²) in [6.45, 7) is 0. The number of para-hydroxylation sites is 1. The van der Waals surface area contributed by atoms with Crippen LogP contribution in [0.4, 0.5) is 20.9 Å². The number of aryl methyl sites for hydroxylation is 1. The van der Waals surface area contributed by atoms with Crippen molar-refractivity contribution < 1.29 is 9.18 Å². The molecule has 120 valence electrons. The van der Waals surface area contributed by atoms with Gasteiger partial charge in [0.2, 0.25) is 5.91 Å². The molecule has 0 bridgehead atoms. The number of carbonyl (C=O) groups excluding carboxylic acids is 1. The van der Waals surface area contributed by atoms with Gasteiger partial charge in [0, 0.05) is 23.1 Å². The molecule has 0 unspecified atom stereocenters. The quantitative estimate of drug-likeness (QED) is 0.734. The second-order valence-electron chi connectivity index (χ2n) is 5.56. The summed E-state index contributed by atoms with van der Waals surface area (Å²) in [5.74, 6) is -0.251. The van der Waals surface area contributed by atoms with Crippen LogP contribution < -0.4 is 10.6 Å². The summed E-state index contributed by atoms with van der Waals surface area (Å²) in [4.78, 5) is 16.0. The van der Waals surface area contributed by atoms with Crippen molar-refractivity contribution in [3.05, 3.63) is 59.2 Å². The number of nitrogens with zero attached hydrogens (tertiary/aromatic N) is 1. The van der Waals surface area contributed by atoms with Crippen LogP contribution in [0.2, 0.25) is 0 Å². The molecular weight excluding hydrogens is 325 g/mol. The molecule has 0 saturated carbocycles. The number of amides is 1. The Balaban J connectivity index is 1.59. The van der Waals surface area contributed by atoms with Crippen LogP contribution in [0.1, 0.15) is 12.0 Å². The highest BCUT2D eigenvalue weighted by Crippen LogP contribution is 2.31. The normalized spacial score (nSPS) is 13.3. The van der Waals surface area contributed by atoms with E-state index in [2.05, 4.69) is 21.7 Å². The average Bonchev–Trinajstić information content (AvgIpc) is 3.05. The van der Waals surface area contributed by atoms with Crippen molar-refractivity contribution in [1.82, 2.24) is 4.98 Å². The van der Waals surface area contributed by atoms with E-state index in [9.17, 15) is 9.18 Å². The molecule has 1 aliphatic heterocycles. The molecule has 0 atom stereocenters. The maximum atomic E-state index is 13.7. The molecule has 0 aliphatic carbocycles. The smallest absolute Gasteiger partial charge is 0.224 e. The van der Waals surface area contributed by atoms with E-state index in [1.807, 2.05) is 17.5 Å². The van der Waals surface area contributed by atoms with Gasteiger partial charge in [-0.2, -0.15) is 0 Å². The SMILES string of the molecule is O=C1CCc2cc(-c3csc(Nc4ccccc4F)n3)ccc2N1. The van der Waals surface area contributed by atoms with Crippen LogP contribution in [-0.2, 0) is 11.2 Å². The number of hydrogen-bond donors (Lipinski definition) is 2. The fraction of sp³-hybridized carbons (Fsp3) is 0.111. The third-order valence-electron chi connectivity index (χ3n) is 3.92. The van der Waals surface area contributed by atoms with Gasteiger partial charge in [0.1, 0.15) is 5.82 Å². The van der Waals surface area contributed by atoms with Gasteiger partial charge >= 0.3 is 0 Å². The summed E-state index contributed by atoms with van der Waals surface area (Å²) in [6, 6.07) is 12.4. The van der Waals surface area contributed by atoms with E-state index < -0.39 is 0 Å². The largest absolute Gasteiger partial charge is 0.329 e. The summed E-state index contributed by atoms with van der Waals surface area (Å²) in [5.41, 5.74) is 4.21. The first-order valence-corrected chi connectivity index (χ1v) is 8.47. The van der Waals surface area contributed by atoms with Crippen LogP contribution in [0, 0.1) is 5.82 Å². The van der Waals surface area contributed by atoms with Gasteiger partial charge in [-0.1, -0.05) is 18.2 Å². The maximum Gasteiger partial charge on any atom is 0.224 e. The lowest BCUT2D eigenvalue weighted by molar-refractivity contribution is -0.116. The highest BCUT2D eigenvalue weighted by molar-refractivity contribution is 7.14. The van der Waals surface area contributed by atoms with Crippen molar-refractivity contribution >= 4 is 33.8 Å². The van der Waals surface area contributed by atoms with Gasteiger partial charge in [-0.05, 0) is 36.2 Å². The Bertz CT molecular complexity index is 922. The van der Waals surface area contributed by atoms with Gasteiger partial charge in [0.25, 0.3) is 0 Å². The van der Waals surface area contributed by atoms with Gasteiger partial charge in [0.05, 0.1) is 11.4 Å². The lowest BCUT2D eigenvalue weighted by Gasteiger charge is -2.17. The maximum absolute atomic E-state index is 13.7. The molecular formula is C18H14FN3OS. The molecule has 0 saturated heterocycles. The molecule has 3 aromatic rings. The Morgan fingerprint density at radius 1 is 1.17 bits per heavy atom. The Morgan fingerprint density at radius 3 is 2.92 bits per heavy atom. The van der Waals surface area contributed by atoms with Crippen molar-refractivity contribution in [3.63, 3.8) is 0 Å². The minimum absolute atomic E-state index is 0.0558. The van der Waals surface area contributed by atoms with E-state index in [0.29, 0.717) is 17.2 Å². The van der Waals surface area contributed by atoms with Crippen molar-refractivity contribution in [1.29, 1.82) is 0 Å². The summed E-state index contributed by atoms with van der Waals surface area (Å²) in [6.07, 6.45) is 1.24. The predicted octanol–water partition coefficient (Wildman–Crippen LogP) is 4.58. The number of halogens is 1. The third-order valence-corrected chi connectivity index (χ3v) is 4.67. The van der Waals surface area contributed by atoms with E-state index in [4.69, 9.17) is 0 Å².